The van der Waals surface area contributed by atoms with E-state index in [0.29, 0.717) is 40.9 Å². The maximum absolute atomic E-state index is 14.5. The fourth-order valence-electron chi connectivity index (χ4n) is 4.86. The second-order valence-electron chi connectivity index (χ2n) is 8.49. The lowest BCUT2D eigenvalue weighted by Crippen LogP contribution is -2.36. The molecule has 8 heteroatoms. The topological polar surface area (TPSA) is 73.9 Å². The summed E-state index contributed by atoms with van der Waals surface area (Å²) in [4.78, 5) is 19.1. The van der Waals surface area contributed by atoms with E-state index in [1.54, 1.807) is 12.3 Å². The van der Waals surface area contributed by atoms with Crippen molar-refractivity contribution >= 4 is 22.8 Å². The molecule has 2 N–H and O–H groups in total. The van der Waals surface area contributed by atoms with Gasteiger partial charge in [-0.2, -0.15) is 5.10 Å². The highest BCUT2D eigenvalue weighted by atomic mass is 19.1. The molecule has 1 aliphatic carbocycles. The van der Waals surface area contributed by atoms with Crippen LogP contribution in [0.2, 0.25) is 0 Å². The van der Waals surface area contributed by atoms with Crippen LogP contribution in [0.25, 0.3) is 11.0 Å². The lowest BCUT2D eigenvalue weighted by atomic mass is 9.95. The number of aromatic nitrogens is 3. The molecule has 3 aromatic rings. The number of nitrogens with zero attached hydrogens (tertiary/aromatic N) is 3. The number of hydrogen-bond donors (Lipinski definition) is 2. The maximum Gasteiger partial charge on any atom is 0.253 e. The third-order valence-corrected chi connectivity index (χ3v) is 6.44. The molecule has 1 saturated carbocycles. The summed E-state index contributed by atoms with van der Waals surface area (Å²) < 4.78 is 28.3. The predicted octanol–water partition coefficient (Wildman–Crippen LogP) is 4.64. The first kappa shape index (κ1) is 19.9. The van der Waals surface area contributed by atoms with Crippen molar-refractivity contribution in [3.63, 3.8) is 0 Å². The fourth-order valence-corrected chi connectivity index (χ4v) is 4.86. The number of benzene rings is 1. The van der Waals surface area contributed by atoms with E-state index in [4.69, 9.17) is 0 Å². The van der Waals surface area contributed by atoms with Crippen molar-refractivity contribution in [3.8, 4) is 0 Å². The van der Waals surface area contributed by atoms with Crippen LogP contribution in [0.1, 0.15) is 66.9 Å². The minimum atomic E-state index is -0.460. The van der Waals surface area contributed by atoms with E-state index in [1.165, 1.54) is 18.6 Å². The third kappa shape index (κ3) is 3.86. The molecule has 2 aliphatic rings. The van der Waals surface area contributed by atoms with Crippen LogP contribution >= 0.6 is 0 Å². The molecule has 1 amide bonds. The third-order valence-electron chi connectivity index (χ3n) is 6.44. The Morgan fingerprint density at radius 1 is 1.10 bits per heavy atom. The summed E-state index contributed by atoms with van der Waals surface area (Å²) in [5.41, 5.74) is 1.37. The van der Waals surface area contributed by atoms with E-state index in [2.05, 4.69) is 20.5 Å². The van der Waals surface area contributed by atoms with Crippen LogP contribution in [0.3, 0.4) is 0 Å². The molecular weight excluding hydrogens is 400 g/mol. The number of pyridine rings is 1. The van der Waals surface area contributed by atoms with Crippen molar-refractivity contribution < 1.29 is 13.6 Å². The van der Waals surface area contributed by atoms with E-state index in [1.807, 2.05) is 4.90 Å². The monoisotopic (exact) mass is 425 g/mol. The summed E-state index contributed by atoms with van der Waals surface area (Å²) in [6.45, 7) is 0.666. The summed E-state index contributed by atoms with van der Waals surface area (Å²) in [5, 5.41) is 11.1. The molecule has 31 heavy (non-hydrogen) atoms. The average Bonchev–Trinajstić information content (AvgIpc) is 3.42. The molecule has 1 aromatic carbocycles. The van der Waals surface area contributed by atoms with E-state index >= 15 is 0 Å². The Morgan fingerprint density at radius 2 is 1.94 bits per heavy atom. The molecule has 162 valence electrons. The maximum atomic E-state index is 14.5. The number of aromatic amines is 1. The second-order valence-corrected chi connectivity index (χ2v) is 8.49. The largest absolute Gasteiger partial charge is 0.349 e. The molecule has 2 fully saturated rings. The van der Waals surface area contributed by atoms with Gasteiger partial charge >= 0.3 is 0 Å². The van der Waals surface area contributed by atoms with Gasteiger partial charge in [0.05, 0.1) is 17.0 Å². The molecule has 1 aliphatic heterocycles. The number of H-pyrrole nitrogens is 1. The van der Waals surface area contributed by atoms with Gasteiger partial charge in [0, 0.05) is 24.3 Å². The zero-order valence-corrected chi connectivity index (χ0v) is 17.2. The van der Waals surface area contributed by atoms with E-state index in [9.17, 15) is 13.6 Å². The number of hydrogen-bond acceptors (Lipinski definition) is 4. The molecule has 1 atom stereocenters. The molecule has 6 nitrogen and oxygen atoms in total. The van der Waals surface area contributed by atoms with E-state index in [0.717, 1.165) is 38.2 Å². The van der Waals surface area contributed by atoms with Crippen LogP contribution in [0.15, 0.2) is 30.5 Å². The van der Waals surface area contributed by atoms with Gasteiger partial charge in [-0.05, 0) is 49.9 Å². The van der Waals surface area contributed by atoms with Gasteiger partial charge in [0.2, 0.25) is 0 Å². The van der Waals surface area contributed by atoms with Crippen LogP contribution in [-0.4, -0.2) is 33.7 Å². The zero-order valence-electron chi connectivity index (χ0n) is 17.2. The standard InChI is InChI=1S/C23H25F2N5O/c24-15-8-9-19(25)17(12-15)20-7-4-10-30(20)22-18-11-14(13-26-21(18)28-29-22)23(31)27-16-5-2-1-3-6-16/h8-9,11-13,16,20H,1-7,10H2,(H,27,31)(H,26,28,29)/t20-/m1/s1. The van der Waals surface area contributed by atoms with Gasteiger partial charge in [-0.3, -0.25) is 9.89 Å². The smallest absolute Gasteiger partial charge is 0.253 e. The number of carbonyl (C=O) groups excluding carboxylic acids is 1. The predicted molar refractivity (Wildman–Crippen MR) is 114 cm³/mol. The normalized spacial score (nSPS) is 19.8. The van der Waals surface area contributed by atoms with Crippen molar-refractivity contribution in [1.29, 1.82) is 0 Å². The van der Waals surface area contributed by atoms with E-state index < -0.39 is 11.6 Å². The van der Waals surface area contributed by atoms with Crippen LogP contribution in [0.5, 0.6) is 0 Å². The highest BCUT2D eigenvalue weighted by molar-refractivity contribution is 5.99. The zero-order chi connectivity index (χ0) is 21.4. The van der Waals surface area contributed by atoms with Crippen molar-refractivity contribution in [1.82, 2.24) is 20.5 Å². The highest BCUT2D eigenvalue weighted by Crippen LogP contribution is 2.39. The van der Waals surface area contributed by atoms with Gasteiger partial charge in [-0.15, -0.1) is 0 Å². The lowest BCUT2D eigenvalue weighted by Gasteiger charge is -2.25. The van der Waals surface area contributed by atoms with Crippen molar-refractivity contribution in [2.75, 3.05) is 11.4 Å². The number of carbonyl (C=O) groups is 1. The van der Waals surface area contributed by atoms with Gasteiger partial charge in [0.1, 0.15) is 11.6 Å². The number of amides is 1. The number of halogens is 2. The number of anilines is 1. The molecule has 5 rings (SSSR count). The van der Waals surface area contributed by atoms with Crippen LogP contribution < -0.4 is 10.2 Å². The van der Waals surface area contributed by atoms with Gasteiger partial charge in [0.15, 0.2) is 11.5 Å². The first-order chi connectivity index (χ1) is 15.1. The van der Waals surface area contributed by atoms with Crippen LogP contribution in [0.4, 0.5) is 14.6 Å². The lowest BCUT2D eigenvalue weighted by molar-refractivity contribution is 0.0927. The van der Waals surface area contributed by atoms with Crippen molar-refractivity contribution in [2.45, 2.75) is 57.0 Å². The summed E-state index contributed by atoms with van der Waals surface area (Å²) in [6, 6.07) is 5.23. The second kappa shape index (κ2) is 8.24. The molecule has 0 spiro atoms. The molecule has 2 aromatic heterocycles. The Labute approximate surface area is 179 Å². The SMILES string of the molecule is O=C(NC1CCCCC1)c1cnc2[nH]nc(N3CCC[C@@H]3c3cc(F)ccc3F)c2c1. The summed E-state index contributed by atoms with van der Waals surface area (Å²) in [7, 11) is 0. The fraction of sp³-hybridized carbons (Fsp3) is 0.435. The molecule has 0 bridgehead atoms. The molecule has 1 saturated heterocycles. The summed E-state index contributed by atoms with van der Waals surface area (Å²) in [5.74, 6) is -0.411. The Kier molecular flexibility index (Phi) is 5.29. The number of rotatable bonds is 4. The van der Waals surface area contributed by atoms with Gasteiger partial charge in [-0.1, -0.05) is 19.3 Å². The number of nitrogens with one attached hydrogen (secondary N) is 2. The molecular formula is C23H25F2N5O. The molecule has 0 radical (unpaired) electrons. The van der Waals surface area contributed by atoms with Gasteiger partial charge in [-0.25, -0.2) is 13.8 Å². The Hall–Kier alpha value is -3.03. The van der Waals surface area contributed by atoms with Crippen molar-refractivity contribution in [2.24, 2.45) is 0 Å². The summed E-state index contributed by atoms with van der Waals surface area (Å²) in [6.07, 6.45) is 8.61. The Morgan fingerprint density at radius 3 is 2.77 bits per heavy atom. The van der Waals surface area contributed by atoms with Crippen molar-refractivity contribution in [3.05, 3.63) is 53.2 Å². The Bertz CT molecular complexity index is 1110. The minimum Gasteiger partial charge on any atom is -0.349 e. The first-order valence-electron chi connectivity index (χ1n) is 11.0. The molecule has 3 heterocycles. The minimum absolute atomic E-state index is 0.136. The number of fused-ring (bicyclic) bond motifs is 1. The first-order valence-corrected chi connectivity index (χ1v) is 11.0. The quantitative estimate of drug-likeness (QED) is 0.639. The van der Waals surface area contributed by atoms with Crippen LogP contribution in [-0.2, 0) is 0 Å². The van der Waals surface area contributed by atoms with Gasteiger partial charge < -0.3 is 10.2 Å². The summed E-state index contributed by atoms with van der Waals surface area (Å²) >= 11 is 0. The highest BCUT2D eigenvalue weighted by Gasteiger charge is 2.31. The van der Waals surface area contributed by atoms with Crippen LogP contribution in [0, 0.1) is 11.6 Å². The van der Waals surface area contributed by atoms with E-state index in [-0.39, 0.29) is 18.0 Å². The average molecular weight is 425 g/mol. The molecule has 0 unspecified atom stereocenters. The van der Waals surface area contributed by atoms with Gasteiger partial charge in [0.25, 0.3) is 5.91 Å². The Balaban J connectivity index is 1.45.